The Hall–Kier alpha value is -2.45. The number of nitrogens with one attached hydrogen (secondary N) is 1. The molecule has 8 heteroatoms. The number of amides is 2. The summed E-state index contributed by atoms with van der Waals surface area (Å²) in [6, 6.07) is 6.76. The quantitative estimate of drug-likeness (QED) is 0.633. The number of para-hydroxylation sites is 1. The van der Waals surface area contributed by atoms with Crippen LogP contribution in [0.15, 0.2) is 24.3 Å². The number of morpholine rings is 1. The standard InChI is InChI=1S/C20H29N3O5/c1-3-28-20(26)17-6-4-5-7-18(17)23(16(2)24)10-8-19(25)21-9-11-22-12-14-27-15-13-22/h4-7H,3,8-15H2,1-2H3,(H,21,25). The summed E-state index contributed by atoms with van der Waals surface area (Å²) in [5.41, 5.74) is 0.766. The van der Waals surface area contributed by atoms with Gasteiger partial charge < -0.3 is 19.7 Å². The predicted octanol–water partition coefficient (Wildman–Crippen LogP) is 1.05. The first kappa shape index (κ1) is 21.8. The fourth-order valence-corrected chi connectivity index (χ4v) is 3.02. The second kappa shape index (κ2) is 11.4. The lowest BCUT2D eigenvalue weighted by atomic mass is 10.1. The van der Waals surface area contributed by atoms with Gasteiger partial charge in [-0.1, -0.05) is 12.1 Å². The Morgan fingerprint density at radius 2 is 1.93 bits per heavy atom. The monoisotopic (exact) mass is 391 g/mol. The lowest BCUT2D eigenvalue weighted by molar-refractivity contribution is -0.121. The molecule has 1 aromatic carbocycles. The zero-order valence-electron chi connectivity index (χ0n) is 16.6. The van der Waals surface area contributed by atoms with Gasteiger partial charge in [0.05, 0.1) is 31.1 Å². The Labute approximate surface area is 165 Å². The summed E-state index contributed by atoms with van der Waals surface area (Å²) in [7, 11) is 0. The van der Waals surface area contributed by atoms with Crippen LogP contribution in [0.1, 0.15) is 30.6 Å². The Balaban J connectivity index is 1.90. The molecular weight excluding hydrogens is 362 g/mol. The van der Waals surface area contributed by atoms with Gasteiger partial charge in [0.2, 0.25) is 11.8 Å². The summed E-state index contributed by atoms with van der Waals surface area (Å²) >= 11 is 0. The first-order valence-corrected chi connectivity index (χ1v) is 9.64. The highest BCUT2D eigenvalue weighted by Gasteiger charge is 2.20. The van der Waals surface area contributed by atoms with E-state index >= 15 is 0 Å². The van der Waals surface area contributed by atoms with Crippen LogP contribution in [0.2, 0.25) is 0 Å². The molecule has 1 N–H and O–H groups in total. The number of carbonyl (C=O) groups is 3. The molecule has 1 aromatic rings. The Bertz CT molecular complexity index is 674. The number of rotatable bonds is 9. The van der Waals surface area contributed by atoms with Crippen molar-refractivity contribution in [2.24, 2.45) is 0 Å². The number of hydrogen-bond donors (Lipinski definition) is 1. The minimum atomic E-state index is -0.487. The zero-order chi connectivity index (χ0) is 20.4. The van der Waals surface area contributed by atoms with Gasteiger partial charge in [-0.2, -0.15) is 0 Å². The number of anilines is 1. The van der Waals surface area contributed by atoms with E-state index in [0.29, 0.717) is 17.8 Å². The highest BCUT2D eigenvalue weighted by molar-refractivity contribution is 6.02. The average molecular weight is 391 g/mol. The Kier molecular flexibility index (Phi) is 8.90. The van der Waals surface area contributed by atoms with E-state index in [2.05, 4.69) is 10.2 Å². The Morgan fingerprint density at radius 1 is 1.21 bits per heavy atom. The van der Waals surface area contributed by atoms with Crippen LogP contribution < -0.4 is 10.2 Å². The maximum absolute atomic E-state index is 12.2. The van der Waals surface area contributed by atoms with Crippen molar-refractivity contribution >= 4 is 23.5 Å². The third-order valence-corrected chi connectivity index (χ3v) is 4.49. The van der Waals surface area contributed by atoms with Crippen molar-refractivity contribution in [2.75, 3.05) is 57.4 Å². The fourth-order valence-electron chi connectivity index (χ4n) is 3.02. The molecular formula is C20H29N3O5. The van der Waals surface area contributed by atoms with Crippen LogP contribution in [0.25, 0.3) is 0 Å². The van der Waals surface area contributed by atoms with Crippen molar-refractivity contribution in [1.82, 2.24) is 10.2 Å². The summed E-state index contributed by atoms with van der Waals surface area (Å²) in [5, 5.41) is 2.88. The van der Waals surface area contributed by atoms with E-state index in [1.807, 2.05) is 0 Å². The van der Waals surface area contributed by atoms with Gasteiger partial charge in [-0.05, 0) is 19.1 Å². The van der Waals surface area contributed by atoms with Crippen molar-refractivity contribution in [3.63, 3.8) is 0 Å². The maximum Gasteiger partial charge on any atom is 0.340 e. The van der Waals surface area contributed by atoms with Crippen molar-refractivity contribution in [3.8, 4) is 0 Å². The SMILES string of the molecule is CCOC(=O)c1ccccc1N(CCC(=O)NCCN1CCOCC1)C(C)=O. The Morgan fingerprint density at radius 3 is 2.61 bits per heavy atom. The molecule has 1 saturated heterocycles. The molecule has 1 aliphatic heterocycles. The van der Waals surface area contributed by atoms with E-state index in [4.69, 9.17) is 9.47 Å². The third-order valence-electron chi connectivity index (χ3n) is 4.49. The largest absolute Gasteiger partial charge is 0.462 e. The number of ether oxygens (including phenoxy) is 2. The smallest absolute Gasteiger partial charge is 0.340 e. The number of hydrogen-bond acceptors (Lipinski definition) is 6. The molecule has 2 rings (SSSR count). The van der Waals surface area contributed by atoms with E-state index in [9.17, 15) is 14.4 Å². The van der Waals surface area contributed by atoms with Crippen molar-refractivity contribution in [2.45, 2.75) is 20.3 Å². The van der Waals surface area contributed by atoms with Gasteiger partial charge in [0.1, 0.15) is 0 Å². The molecule has 2 amide bonds. The molecule has 0 spiro atoms. The highest BCUT2D eigenvalue weighted by Crippen LogP contribution is 2.22. The molecule has 0 unspecified atom stereocenters. The summed E-state index contributed by atoms with van der Waals surface area (Å²) in [5.74, 6) is -0.856. The molecule has 1 heterocycles. The van der Waals surface area contributed by atoms with Crippen molar-refractivity contribution in [1.29, 1.82) is 0 Å². The highest BCUT2D eigenvalue weighted by atomic mass is 16.5. The molecule has 0 aliphatic carbocycles. The average Bonchev–Trinajstić information content (AvgIpc) is 2.69. The molecule has 28 heavy (non-hydrogen) atoms. The number of nitrogens with zero attached hydrogens (tertiary/aromatic N) is 2. The molecule has 0 atom stereocenters. The zero-order valence-corrected chi connectivity index (χ0v) is 16.6. The summed E-state index contributed by atoms with van der Waals surface area (Å²) in [4.78, 5) is 40.2. The van der Waals surface area contributed by atoms with Gasteiger partial charge in [0, 0.05) is 46.1 Å². The molecule has 0 saturated carbocycles. The van der Waals surface area contributed by atoms with Crippen molar-refractivity contribution < 1.29 is 23.9 Å². The van der Waals surface area contributed by atoms with E-state index < -0.39 is 5.97 Å². The van der Waals surface area contributed by atoms with Gasteiger partial charge in [-0.15, -0.1) is 0 Å². The van der Waals surface area contributed by atoms with E-state index in [0.717, 1.165) is 32.8 Å². The second-order valence-electron chi connectivity index (χ2n) is 6.46. The predicted molar refractivity (Wildman–Crippen MR) is 105 cm³/mol. The van der Waals surface area contributed by atoms with Crippen LogP contribution in [0, 0.1) is 0 Å². The van der Waals surface area contributed by atoms with Gasteiger partial charge in [-0.3, -0.25) is 14.5 Å². The van der Waals surface area contributed by atoms with Crippen LogP contribution >= 0.6 is 0 Å². The van der Waals surface area contributed by atoms with E-state index in [1.165, 1.54) is 11.8 Å². The van der Waals surface area contributed by atoms with E-state index in [1.54, 1.807) is 31.2 Å². The van der Waals surface area contributed by atoms with Gasteiger partial charge in [0.15, 0.2) is 0 Å². The number of carbonyl (C=O) groups excluding carboxylic acids is 3. The normalized spacial score (nSPS) is 14.4. The second-order valence-corrected chi connectivity index (χ2v) is 6.46. The number of esters is 1. The summed E-state index contributed by atoms with van der Waals surface area (Å²) in [6.45, 7) is 8.10. The molecule has 0 aromatic heterocycles. The van der Waals surface area contributed by atoms with Crippen LogP contribution in [0.5, 0.6) is 0 Å². The molecule has 154 valence electrons. The minimum Gasteiger partial charge on any atom is -0.462 e. The van der Waals surface area contributed by atoms with Gasteiger partial charge >= 0.3 is 5.97 Å². The lowest BCUT2D eigenvalue weighted by Crippen LogP contribution is -2.42. The first-order valence-electron chi connectivity index (χ1n) is 9.64. The van der Waals surface area contributed by atoms with Crippen LogP contribution in [-0.4, -0.2) is 75.2 Å². The van der Waals surface area contributed by atoms with Gasteiger partial charge in [-0.25, -0.2) is 4.79 Å². The maximum atomic E-state index is 12.2. The van der Waals surface area contributed by atoms with Crippen LogP contribution in [0.3, 0.4) is 0 Å². The fraction of sp³-hybridized carbons (Fsp3) is 0.550. The molecule has 8 nitrogen and oxygen atoms in total. The summed E-state index contributed by atoms with van der Waals surface area (Å²) < 4.78 is 10.4. The minimum absolute atomic E-state index is 0.131. The van der Waals surface area contributed by atoms with Crippen molar-refractivity contribution in [3.05, 3.63) is 29.8 Å². The molecule has 0 radical (unpaired) electrons. The number of benzene rings is 1. The third kappa shape index (κ3) is 6.61. The lowest BCUT2D eigenvalue weighted by Gasteiger charge is -2.26. The summed E-state index contributed by atoms with van der Waals surface area (Å²) in [6.07, 6.45) is 0.153. The van der Waals surface area contributed by atoms with Crippen LogP contribution in [0.4, 0.5) is 5.69 Å². The van der Waals surface area contributed by atoms with Crippen LogP contribution in [-0.2, 0) is 19.1 Å². The molecule has 1 aliphatic rings. The molecule has 1 fully saturated rings. The molecule has 0 bridgehead atoms. The first-order chi connectivity index (χ1) is 13.5. The van der Waals surface area contributed by atoms with E-state index in [-0.39, 0.29) is 31.4 Å². The topological polar surface area (TPSA) is 88.2 Å². The van der Waals surface area contributed by atoms with Gasteiger partial charge in [0.25, 0.3) is 0 Å².